The lowest BCUT2D eigenvalue weighted by Crippen LogP contribution is -2.14. The molecule has 7 heteroatoms. The molecule has 0 unspecified atom stereocenters. The van der Waals surface area contributed by atoms with Gasteiger partial charge in [-0.15, -0.1) is 0 Å². The molecule has 3 aromatic rings. The van der Waals surface area contributed by atoms with E-state index in [0.29, 0.717) is 11.5 Å². The van der Waals surface area contributed by atoms with E-state index in [2.05, 4.69) is 30.5 Å². The van der Waals surface area contributed by atoms with Gasteiger partial charge in [0.05, 0.1) is 18.1 Å². The summed E-state index contributed by atoms with van der Waals surface area (Å²) in [7, 11) is 0. The first-order valence-corrected chi connectivity index (χ1v) is 5.87. The van der Waals surface area contributed by atoms with Gasteiger partial charge in [-0.1, -0.05) is 30.3 Å². The molecule has 3 rings (SSSR count). The molecule has 7 nitrogen and oxygen atoms in total. The normalized spacial score (nSPS) is 10.2. The lowest BCUT2D eigenvalue weighted by atomic mass is 10.2. The molecule has 2 N–H and O–H groups in total. The van der Waals surface area contributed by atoms with E-state index < -0.39 is 5.91 Å². The second-order valence-corrected chi connectivity index (χ2v) is 3.95. The van der Waals surface area contributed by atoms with Crippen molar-refractivity contribution in [3.63, 3.8) is 0 Å². The number of carbonyl (C=O) groups is 1. The molecule has 0 bridgehead atoms. The molecule has 0 aliphatic rings. The minimum Gasteiger partial charge on any atom is -0.317 e. The van der Waals surface area contributed by atoms with Crippen LogP contribution in [0.1, 0.15) is 10.6 Å². The SMILES string of the molecule is O=C(Nc1cnc(-c2ccccc2)nc1)c1ncn[nH]1. The van der Waals surface area contributed by atoms with Crippen molar-refractivity contribution in [2.24, 2.45) is 0 Å². The molecule has 0 aliphatic carbocycles. The predicted molar refractivity (Wildman–Crippen MR) is 71.8 cm³/mol. The van der Waals surface area contributed by atoms with Crippen LogP contribution < -0.4 is 5.32 Å². The van der Waals surface area contributed by atoms with Gasteiger partial charge in [0.15, 0.2) is 5.82 Å². The maximum Gasteiger partial charge on any atom is 0.293 e. The number of anilines is 1. The van der Waals surface area contributed by atoms with Crippen LogP contribution in [0, 0.1) is 0 Å². The predicted octanol–water partition coefficient (Wildman–Crippen LogP) is 1.51. The van der Waals surface area contributed by atoms with Crippen molar-refractivity contribution in [3.05, 3.63) is 54.9 Å². The van der Waals surface area contributed by atoms with Crippen LogP contribution in [0.4, 0.5) is 5.69 Å². The summed E-state index contributed by atoms with van der Waals surface area (Å²) in [6, 6.07) is 9.59. The quantitative estimate of drug-likeness (QED) is 0.749. The maximum atomic E-state index is 11.7. The molecule has 0 fully saturated rings. The highest BCUT2D eigenvalue weighted by atomic mass is 16.2. The third kappa shape index (κ3) is 2.51. The Labute approximate surface area is 114 Å². The Morgan fingerprint density at radius 3 is 2.45 bits per heavy atom. The van der Waals surface area contributed by atoms with Gasteiger partial charge in [-0.25, -0.2) is 15.0 Å². The number of carbonyl (C=O) groups excluding carboxylic acids is 1. The van der Waals surface area contributed by atoms with Crippen molar-refractivity contribution in [1.29, 1.82) is 0 Å². The summed E-state index contributed by atoms with van der Waals surface area (Å²) in [6.45, 7) is 0. The maximum absolute atomic E-state index is 11.7. The Hall–Kier alpha value is -3.09. The molecule has 2 aromatic heterocycles. The van der Waals surface area contributed by atoms with Crippen molar-refractivity contribution in [3.8, 4) is 11.4 Å². The highest BCUT2D eigenvalue weighted by Gasteiger charge is 2.09. The van der Waals surface area contributed by atoms with Crippen molar-refractivity contribution in [1.82, 2.24) is 25.1 Å². The topological polar surface area (TPSA) is 96.5 Å². The number of H-pyrrole nitrogens is 1. The lowest BCUT2D eigenvalue weighted by molar-refractivity contribution is 0.101. The summed E-state index contributed by atoms with van der Waals surface area (Å²) in [6.07, 6.45) is 4.36. The Kier molecular flexibility index (Phi) is 3.15. The van der Waals surface area contributed by atoms with Crippen LogP contribution in [0.15, 0.2) is 49.1 Å². The van der Waals surface area contributed by atoms with E-state index in [1.165, 1.54) is 6.33 Å². The zero-order chi connectivity index (χ0) is 13.8. The average molecular weight is 266 g/mol. The minimum absolute atomic E-state index is 0.136. The van der Waals surface area contributed by atoms with Gasteiger partial charge in [-0.2, -0.15) is 5.10 Å². The first kappa shape index (κ1) is 12.0. The highest BCUT2D eigenvalue weighted by molar-refractivity contribution is 6.01. The molecule has 0 spiro atoms. The Bertz CT molecular complexity index is 693. The smallest absolute Gasteiger partial charge is 0.293 e. The van der Waals surface area contributed by atoms with Crippen LogP contribution in [-0.2, 0) is 0 Å². The van der Waals surface area contributed by atoms with Gasteiger partial charge in [-0.3, -0.25) is 9.89 Å². The summed E-state index contributed by atoms with van der Waals surface area (Å²) in [4.78, 5) is 23.9. The fourth-order valence-corrected chi connectivity index (χ4v) is 1.63. The minimum atomic E-state index is -0.390. The number of nitrogens with one attached hydrogen (secondary N) is 2. The first-order valence-electron chi connectivity index (χ1n) is 5.87. The van der Waals surface area contributed by atoms with Crippen molar-refractivity contribution in [2.75, 3.05) is 5.32 Å². The Morgan fingerprint density at radius 2 is 1.80 bits per heavy atom. The molecule has 0 atom stereocenters. The standard InChI is InChI=1S/C13H10N6O/c20-13(12-16-8-17-19-12)18-10-6-14-11(15-7-10)9-4-2-1-3-5-9/h1-8H,(H,18,20)(H,16,17,19). The number of hydrogen-bond acceptors (Lipinski definition) is 5. The lowest BCUT2D eigenvalue weighted by Gasteiger charge is -2.03. The molecule has 0 saturated carbocycles. The van der Waals surface area contributed by atoms with Gasteiger partial charge >= 0.3 is 0 Å². The van der Waals surface area contributed by atoms with Crippen LogP contribution in [0.3, 0.4) is 0 Å². The fraction of sp³-hybridized carbons (Fsp3) is 0. The second-order valence-electron chi connectivity index (χ2n) is 3.95. The molecule has 0 radical (unpaired) electrons. The van der Waals surface area contributed by atoms with Crippen molar-refractivity contribution < 1.29 is 4.79 Å². The van der Waals surface area contributed by atoms with Crippen LogP contribution >= 0.6 is 0 Å². The summed E-state index contributed by atoms with van der Waals surface area (Å²) in [5, 5.41) is 8.72. The first-order chi connectivity index (χ1) is 9.83. The van der Waals surface area contributed by atoms with Gasteiger partial charge in [0.2, 0.25) is 5.82 Å². The van der Waals surface area contributed by atoms with Gasteiger partial charge < -0.3 is 5.32 Å². The monoisotopic (exact) mass is 266 g/mol. The molecular formula is C13H10N6O. The summed E-state index contributed by atoms with van der Waals surface area (Å²) in [5.41, 5.74) is 1.41. The largest absolute Gasteiger partial charge is 0.317 e. The zero-order valence-corrected chi connectivity index (χ0v) is 10.3. The zero-order valence-electron chi connectivity index (χ0n) is 10.3. The molecule has 2 heterocycles. The van der Waals surface area contributed by atoms with Gasteiger partial charge in [0.25, 0.3) is 5.91 Å². The van der Waals surface area contributed by atoms with E-state index in [9.17, 15) is 4.79 Å². The van der Waals surface area contributed by atoms with Crippen LogP contribution in [-0.4, -0.2) is 31.1 Å². The molecule has 0 aliphatic heterocycles. The molecule has 1 aromatic carbocycles. The van der Waals surface area contributed by atoms with E-state index in [0.717, 1.165) is 5.56 Å². The second kappa shape index (κ2) is 5.27. The van der Waals surface area contributed by atoms with E-state index >= 15 is 0 Å². The van der Waals surface area contributed by atoms with E-state index in [4.69, 9.17) is 0 Å². The molecule has 0 saturated heterocycles. The van der Waals surface area contributed by atoms with E-state index in [1.807, 2.05) is 30.3 Å². The molecule has 1 amide bonds. The summed E-state index contributed by atoms with van der Waals surface area (Å²) < 4.78 is 0. The Balaban J connectivity index is 1.75. The fourth-order valence-electron chi connectivity index (χ4n) is 1.63. The van der Waals surface area contributed by atoms with Gasteiger partial charge in [-0.05, 0) is 0 Å². The number of rotatable bonds is 3. The van der Waals surface area contributed by atoms with Crippen LogP contribution in [0.25, 0.3) is 11.4 Å². The van der Waals surface area contributed by atoms with E-state index in [1.54, 1.807) is 12.4 Å². The van der Waals surface area contributed by atoms with Crippen LogP contribution in [0.5, 0.6) is 0 Å². The van der Waals surface area contributed by atoms with Crippen molar-refractivity contribution >= 4 is 11.6 Å². The number of hydrogen-bond donors (Lipinski definition) is 2. The van der Waals surface area contributed by atoms with Gasteiger partial charge in [0.1, 0.15) is 6.33 Å². The number of aromatic nitrogens is 5. The average Bonchev–Trinajstić information content (AvgIpc) is 3.03. The molecule has 20 heavy (non-hydrogen) atoms. The number of amides is 1. The van der Waals surface area contributed by atoms with E-state index in [-0.39, 0.29) is 5.82 Å². The Morgan fingerprint density at radius 1 is 1.05 bits per heavy atom. The van der Waals surface area contributed by atoms with Crippen LogP contribution in [0.2, 0.25) is 0 Å². The number of nitrogens with zero attached hydrogens (tertiary/aromatic N) is 4. The third-order valence-corrected chi connectivity index (χ3v) is 2.57. The number of benzene rings is 1. The van der Waals surface area contributed by atoms with Gasteiger partial charge in [0, 0.05) is 5.56 Å². The highest BCUT2D eigenvalue weighted by Crippen LogP contribution is 2.14. The third-order valence-electron chi connectivity index (χ3n) is 2.57. The molecular weight excluding hydrogens is 256 g/mol. The molecule has 98 valence electrons. The summed E-state index contributed by atoms with van der Waals surface area (Å²) in [5.74, 6) is 0.346. The number of aromatic amines is 1. The van der Waals surface area contributed by atoms with Crippen molar-refractivity contribution in [2.45, 2.75) is 0 Å². The summed E-state index contributed by atoms with van der Waals surface area (Å²) >= 11 is 0.